The molecule has 154 valence electrons. The Hall–Kier alpha value is -1.88. The fraction of sp³-hybridized carbons (Fsp3) is 0.526. The molecule has 3 rings (SSSR count). The number of aromatic nitrogens is 3. The first-order valence-corrected chi connectivity index (χ1v) is 9.23. The minimum atomic E-state index is 0. The van der Waals surface area contributed by atoms with Crippen molar-refractivity contribution < 1.29 is 9.47 Å². The Morgan fingerprint density at radius 1 is 1.36 bits per heavy atom. The average Bonchev–Trinajstić information content (AvgIpc) is 3.33. The Morgan fingerprint density at radius 3 is 2.86 bits per heavy atom. The van der Waals surface area contributed by atoms with Crippen LogP contribution in [0, 0.1) is 12.8 Å². The van der Waals surface area contributed by atoms with Crippen LogP contribution in [0.15, 0.2) is 29.5 Å². The van der Waals surface area contributed by atoms with Gasteiger partial charge in [-0.15, -0.1) is 24.0 Å². The molecule has 0 aliphatic carbocycles. The molecular formula is C19H29IN6O2. The minimum Gasteiger partial charge on any atom is -0.493 e. The first kappa shape index (κ1) is 22.4. The molecule has 1 aromatic heterocycles. The van der Waals surface area contributed by atoms with Crippen LogP contribution in [0.25, 0.3) is 0 Å². The summed E-state index contributed by atoms with van der Waals surface area (Å²) in [6.45, 7) is 5.56. The van der Waals surface area contributed by atoms with Crippen molar-refractivity contribution in [2.24, 2.45) is 18.0 Å². The maximum atomic E-state index is 6.10. The van der Waals surface area contributed by atoms with Crippen molar-refractivity contribution in [2.45, 2.75) is 26.4 Å². The molecule has 0 spiro atoms. The number of benzene rings is 1. The van der Waals surface area contributed by atoms with E-state index in [4.69, 9.17) is 9.47 Å². The molecule has 0 radical (unpaired) electrons. The molecule has 1 aliphatic heterocycles. The predicted octanol–water partition coefficient (Wildman–Crippen LogP) is 2.02. The van der Waals surface area contributed by atoms with Gasteiger partial charge in [-0.1, -0.05) is 12.1 Å². The zero-order chi connectivity index (χ0) is 19.1. The van der Waals surface area contributed by atoms with Crippen LogP contribution in [-0.2, 0) is 24.9 Å². The summed E-state index contributed by atoms with van der Waals surface area (Å²) >= 11 is 0. The number of aliphatic imine (C=N–C) groups is 1. The third kappa shape index (κ3) is 6.33. The normalized spacial score (nSPS) is 16.5. The Morgan fingerprint density at radius 2 is 2.18 bits per heavy atom. The number of ether oxygens (including phenoxy) is 2. The van der Waals surface area contributed by atoms with E-state index in [0.29, 0.717) is 31.6 Å². The number of guanidine groups is 1. The fourth-order valence-corrected chi connectivity index (χ4v) is 2.91. The van der Waals surface area contributed by atoms with Crippen molar-refractivity contribution in [3.8, 4) is 5.75 Å². The van der Waals surface area contributed by atoms with Crippen LogP contribution in [0.5, 0.6) is 5.75 Å². The van der Waals surface area contributed by atoms with E-state index >= 15 is 0 Å². The van der Waals surface area contributed by atoms with E-state index in [9.17, 15) is 0 Å². The number of nitrogens with one attached hydrogen (secondary N) is 2. The van der Waals surface area contributed by atoms with E-state index in [1.54, 1.807) is 18.1 Å². The van der Waals surface area contributed by atoms with Crippen molar-refractivity contribution in [3.05, 3.63) is 41.5 Å². The smallest absolute Gasteiger partial charge is 0.191 e. The average molecular weight is 500 g/mol. The second-order valence-corrected chi connectivity index (χ2v) is 6.73. The van der Waals surface area contributed by atoms with Crippen LogP contribution in [0.1, 0.15) is 23.4 Å². The van der Waals surface area contributed by atoms with Gasteiger partial charge in [-0.25, -0.2) is 4.98 Å². The first-order chi connectivity index (χ1) is 13.2. The number of rotatable bonds is 7. The highest BCUT2D eigenvalue weighted by atomic mass is 127. The van der Waals surface area contributed by atoms with Crippen LogP contribution < -0.4 is 15.4 Å². The van der Waals surface area contributed by atoms with Gasteiger partial charge in [0.1, 0.15) is 17.9 Å². The summed E-state index contributed by atoms with van der Waals surface area (Å²) in [6.07, 6.45) is 2.61. The summed E-state index contributed by atoms with van der Waals surface area (Å²) in [5.74, 6) is 2.94. The van der Waals surface area contributed by atoms with Gasteiger partial charge in [-0.3, -0.25) is 9.67 Å². The number of hydrogen-bond donors (Lipinski definition) is 2. The second kappa shape index (κ2) is 11.2. The molecule has 1 atom stereocenters. The summed E-state index contributed by atoms with van der Waals surface area (Å²) in [7, 11) is 3.62. The molecule has 0 bridgehead atoms. The Balaban J connectivity index is 0.00000280. The molecule has 28 heavy (non-hydrogen) atoms. The van der Waals surface area contributed by atoms with Gasteiger partial charge in [-0.2, -0.15) is 5.10 Å². The van der Waals surface area contributed by atoms with Crippen LogP contribution in [-0.4, -0.2) is 47.6 Å². The zero-order valence-corrected chi connectivity index (χ0v) is 19.0. The van der Waals surface area contributed by atoms with E-state index in [0.717, 1.165) is 36.8 Å². The summed E-state index contributed by atoms with van der Waals surface area (Å²) in [4.78, 5) is 8.47. The van der Waals surface area contributed by atoms with Crippen LogP contribution in [0.4, 0.5) is 0 Å². The lowest BCUT2D eigenvalue weighted by Crippen LogP contribution is -2.37. The van der Waals surface area contributed by atoms with E-state index < -0.39 is 0 Å². The largest absolute Gasteiger partial charge is 0.493 e. The molecule has 1 saturated heterocycles. The van der Waals surface area contributed by atoms with Gasteiger partial charge in [0, 0.05) is 38.7 Å². The Labute approximate surface area is 183 Å². The molecule has 9 heteroatoms. The number of nitrogens with zero attached hydrogens (tertiary/aromatic N) is 4. The Bertz CT molecular complexity index is 774. The lowest BCUT2D eigenvalue weighted by atomic mass is 10.1. The molecule has 8 nitrogen and oxygen atoms in total. The number of halogens is 1. The van der Waals surface area contributed by atoms with Crippen molar-refractivity contribution in [2.75, 3.05) is 26.9 Å². The third-order valence-electron chi connectivity index (χ3n) is 4.61. The number of aryl methyl sites for hydroxylation is 2. The molecule has 1 unspecified atom stereocenters. The van der Waals surface area contributed by atoms with Crippen molar-refractivity contribution >= 4 is 29.9 Å². The molecule has 2 heterocycles. The molecule has 2 aromatic rings. The van der Waals surface area contributed by atoms with Crippen LogP contribution in [0.2, 0.25) is 0 Å². The topological polar surface area (TPSA) is 85.6 Å². The summed E-state index contributed by atoms with van der Waals surface area (Å²) in [6, 6.07) is 6.28. The van der Waals surface area contributed by atoms with Gasteiger partial charge in [0.15, 0.2) is 5.96 Å². The van der Waals surface area contributed by atoms with Gasteiger partial charge in [-0.05, 0) is 25.0 Å². The third-order valence-corrected chi connectivity index (χ3v) is 4.61. The van der Waals surface area contributed by atoms with Gasteiger partial charge in [0.05, 0.1) is 19.8 Å². The molecule has 0 saturated carbocycles. The molecule has 2 N–H and O–H groups in total. The monoisotopic (exact) mass is 500 g/mol. The maximum absolute atomic E-state index is 6.10. The quantitative estimate of drug-likeness (QED) is 0.344. The van der Waals surface area contributed by atoms with Gasteiger partial charge >= 0.3 is 0 Å². The van der Waals surface area contributed by atoms with Crippen molar-refractivity contribution in [1.29, 1.82) is 0 Å². The van der Waals surface area contributed by atoms with E-state index in [1.165, 1.54) is 5.56 Å². The Kier molecular flexibility index (Phi) is 8.97. The highest BCUT2D eigenvalue weighted by Gasteiger charge is 2.17. The highest BCUT2D eigenvalue weighted by molar-refractivity contribution is 14.0. The number of hydrogen-bond acceptors (Lipinski definition) is 5. The van der Waals surface area contributed by atoms with Crippen molar-refractivity contribution in [3.63, 3.8) is 0 Å². The fourth-order valence-electron chi connectivity index (χ4n) is 2.91. The van der Waals surface area contributed by atoms with Gasteiger partial charge in [0.25, 0.3) is 0 Å². The van der Waals surface area contributed by atoms with Gasteiger partial charge in [0.2, 0.25) is 0 Å². The molecule has 1 aromatic carbocycles. The standard InChI is InChI=1S/C19H28N6O2.HI/c1-14-4-5-16(17(8-14)27-12-15-6-7-26-11-15)9-21-19(20-2)22-10-18-23-13-24-25(18)3;/h4-5,8,13,15H,6-7,9-12H2,1-3H3,(H2,20,21,22);1H. The molecule has 0 amide bonds. The summed E-state index contributed by atoms with van der Waals surface area (Å²) in [5, 5.41) is 10.6. The highest BCUT2D eigenvalue weighted by Crippen LogP contribution is 2.22. The molecule has 1 aliphatic rings. The van der Waals surface area contributed by atoms with E-state index in [1.807, 2.05) is 7.05 Å². The van der Waals surface area contributed by atoms with Crippen LogP contribution in [0.3, 0.4) is 0 Å². The van der Waals surface area contributed by atoms with Crippen molar-refractivity contribution in [1.82, 2.24) is 25.4 Å². The van der Waals surface area contributed by atoms with Crippen LogP contribution >= 0.6 is 24.0 Å². The lowest BCUT2D eigenvalue weighted by Gasteiger charge is -2.17. The van der Waals surface area contributed by atoms with Gasteiger partial charge < -0.3 is 20.1 Å². The summed E-state index contributed by atoms with van der Waals surface area (Å²) in [5.41, 5.74) is 2.28. The maximum Gasteiger partial charge on any atom is 0.191 e. The minimum absolute atomic E-state index is 0. The SMILES string of the molecule is CN=C(NCc1ccc(C)cc1OCC1CCOC1)NCc1ncnn1C.I. The van der Waals surface area contributed by atoms with E-state index in [2.05, 4.69) is 50.8 Å². The second-order valence-electron chi connectivity index (χ2n) is 6.73. The molecular weight excluding hydrogens is 471 g/mol. The zero-order valence-electron chi connectivity index (χ0n) is 16.6. The lowest BCUT2D eigenvalue weighted by molar-refractivity contribution is 0.166. The predicted molar refractivity (Wildman–Crippen MR) is 119 cm³/mol. The molecule has 1 fully saturated rings. The van der Waals surface area contributed by atoms with E-state index in [-0.39, 0.29) is 24.0 Å². The summed E-state index contributed by atoms with van der Waals surface area (Å²) < 4.78 is 13.3. The first-order valence-electron chi connectivity index (χ1n) is 9.23.